The van der Waals surface area contributed by atoms with Crippen molar-refractivity contribution in [3.05, 3.63) is 49.1 Å². The van der Waals surface area contributed by atoms with Gasteiger partial charge >= 0.3 is 0 Å². The maximum Gasteiger partial charge on any atom is 0.257 e. The fourth-order valence-electron chi connectivity index (χ4n) is 2.03. The Morgan fingerprint density at radius 1 is 1.22 bits per heavy atom. The van der Waals surface area contributed by atoms with Crippen molar-refractivity contribution < 1.29 is 8.42 Å². The van der Waals surface area contributed by atoms with E-state index in [0.717, 1.165) is 0 Å². The summed E-state index contributed by atoms with van der Waals surface area (Å²) in [4.78, 5) is 3.06. The average Bonchev–Trinajstić information content (AvgIpc) is 3.00. The molecule has 18 heavy (non-hydrogen) atoms. The molecule has 3 rings (SSSR count). The van der Waals surface area contributed by atoms with Crippen molar-refractivity contribution in [3.8, 4) is 0 Å². The summed E-state index contributed by atoms with van der Waals surface area (Å²) in [6, 6.07) is 8.92. The summed E-state index contributed by atoms with van der Waals surface area (Å²) < 4.78 is 29.1. The molecule has 1 aromatic heterocycles. The molecule has 0 unspecified atom stereocenters. The molecule has 0 radical (unpaired) electrons. The van der Waals surface area contributed by atoms with Crippen LogP contribution in [-0.2, 0) is 14.9 Å². The van der Waals surface area contributed by atoms with Gasteiger partial charge < -0.3 is 4.57 Å². The van der Waals surface area contributed by atoms with Crippen molar-refractivity contribution in [2.75, 3.05) is 4.72 Å². The zero-order valence-electron chi connectivity index (χ0n) is 9.65. The Morgan fingerprint density at radius 3 is 2.50 bits per heavy atom. The van der Waals surface area contributed by atoms with E-state index < -0.39 is 14.9 Å². The van der Waals surface area contributed by atoms with E-state index in [0.29, 0.717) is 18.5 Å². The highest BCUT2D eigenvalue weighted by Crippen LogP contribution is 2.48. The van der Waals surface area contributed by atoms with E-state index in [9.17, 15) is 8.42 Å². The highest BCUT2D eigenvalue weighted by Gasteiger charge is 2.56. The molecule has 1 saturated carbocycles. The standard InChI is InChI=1S/C12H13N3O2S/c16-18(17,14-11-4-2-1-3-5-11)12(6-7-12)15-9-8-13-10-15/h1-5,8-10,14H,6-7H2. The Hall–Kier alpha value is -1.82. The first-order chi connectivity index (χ1) is 8.64. The van der Waals surface area contributed by atoms with Crippen molar-refractivity contribution in [1.82, 2.24) is 9.55 Å². The minimum atomic E-state index is -3.45. The first-order valence-electron chi connectivity index (χ1n) is 5.70. The SMILES string of the molecule is O=S(=O)(Nc1ccccc1)C1(n2ccnc2)CC1. The number of nitrogens with one attached hydrogen (secondary N) is 1. The van der Waals surface area contributed by atoms with E-state index in [2.05, 4.69) is 9.71 Å². The predicted octanol–water partition coefficient (Wildman–Crippen LogP) is 1.77. The fraction of sp³-hybridized carbons (Fsp3) is 0.250. The molecular weight excluding hydrogens is 250 g/mol. The summed E-state index contributed by atoms with van der Waals surface area (Å²) in [6.45, 7) is 0. The van der Waals surface area contributed by atoms with Gasteiger partial charge in [-0.3, -0.25) is 4.72 Å². The molecule has 1 aliphatic carbocycles. The molecule has 0 aliphatic heterocycles. The Morgan fingerprint density at radius 2 is 1.94 bits per heavy atom. The quantitative estimate of drug-likeness (QED) is 0.914. The van der Waals surface area contributed by atoms with Gasteiger partial charge in [0.2, 0.25) is 0 Å². The van der Waals surface area contributed by atoms with Crippen LogP contribution in [0.1, 0.15) is 12.8 Å². The van der Waals surface area contributed by atoms with Crippen LogP contribution >= 0.6 is 0 Å². The van der Waals surface area contributed by atoms with Crippen molar-refractivity contribution in [2.45, 2.75) is 17.7 Å². The minimum Gasteiger partial charge on any atom is -0.316 e. The summed E-state index contributed by atoms with van der Waals surface area (Å²) in [5.74, 6) is 0. The number of aromatic nitrogens is 2. The van der Waals surface area contributed by atoms with Gasteiger partial charge in [0.05, 0.1) is 6.33 Å². The lowest BCUT2D eigenvalue weighted by atomic mass is 10.3. The van der Waals surface area contributed by atoms with Gasteiger partial charge in [0.1, 0.15) is 0 Å². The van der Waals surface area contributed by atoms with Crippen LogP contribution in [0.5, 0.6) is 0 Å². The summed E-state index contributed by atoms with van der Waals surface area (Å²) in [5.41, 5.74) is 0.587. The highest BCUT2D eigenvalue weighted by atomic mass is 32.2. The summed E-state index contributed by atoms with van der Waals surface area (Å²) in [5, 5.41) is 0. The van der Waals surface area contributed by atoms with Crippen molar-refractivity contribution in [2.24, 2.45) is 0 Å². The van der Waals surface area contributed by atoms with Crippen LogP contribution in [0.3, 0.4) is 0 Å². The van der Waals surface area contributed by atoms with Crippen molar-refractivity contribution >= 4 is 15.7 Å². The molecule has 1 aliphatic rings. The van der Waals surface area contributed by atoms with Crippen LogP contribution in [0.4, 0.5) is 5.69 Å². The van der Waals surface area contributed by atoms with Crippen molar-refractivity contribution in [1.29, 1.82) is 0 Å². The molecule has 1 aromatic carbocycles. The van der Waals surface area contributed by atoms with Gasteiger partial charge in [-0.25, -0.2) is 13.4 Å². The molecule has 1 N–H and O–H groups in total. The van der Waals surface area contributed by atoms with Gasteiger partial charge in [0, 0.05) is 18.1 Å². The Bertz CT molecular complexity index is 631. The number of rotatable bonds is 4. The number of anilines is 1. The molecule has 6 heteroatoms. The van der Waals surface area contributed by atoms with Crippen molar-refractivity contribution in [3.63, 3.8) is 0 Å². The number of hydrogen-bond donors (Lipinski definition) is 1. The lowest BCUT2D eigenvalue weighted by molar-refractivity contribution is 0.544. The van der Waals surface area contributed by atoms with Crippen LogP contribution in [0.15, 0.2) is 49.1 Å². The van der Waals surface area contributed by atoms with Crippen LogP contribution in [0.2, 0.25) is 0 Å². The zero-order chi connectivity index (χ0) is 12.6. The van der Waals surface area contributed by atoms with Gasteiger partial charge in [0.25, 0.3) is 10.0 Å². The molecule has 94 valence electrons. The highest BCUT2D eigenvalue weighted by molar-refractivity contribution is 7.93. The third-order valence-corrected chi connectivity index (χ3v) is 5.30. The maximum atomic E-state index is 12.4. The summed E-state index contributed by atoms with van der Waals surface area (Å²) in [7, 11) is -3.45. The van der Waals surface area contributed by atoms with E-state index in [-0.39, 0.29) is 0 Å². The molecule has 1 heterocycles. The van der Waals surface area contributed by atoms with E-state index in [4.69, 9.17) is 0 Å². The second kappa shape index (κ2) is 3.84. The lowest BCUT2D eigenvalue weighted by Crippen LogP contribution is -2.32. The monoisotopic (exact) mass is 263 g/mol. The van der Waals surface area contributed by atoms with Gasteiger partial charge in [-0.15, -0.1) is 0 Å². The molecule has 0 saturated heterocycles. The van der Waals surface area contributed by atoms with Gasteiger partial charge in [-0.05, 0) is 25.0 Å². The summed E-state index contributed by atoms with van der Waals surface area (Å²) in [6.07, 6.45) is 6.07. The molecule has 1 fully saturated rings. The first-order valence-corrected chi connectivity index (χ1v) is 7.18. The first kappa shape index (κ1) is 11.3. The number of nitrogens with zero attached hydrogens (tertiary/aromatic N) is 2. The number of benzene rings is 1. The van der Waals surface area contributed by atoms with Crippen LogP contribution in [0, 0.1) is 0 Å². The predicted molar refractivity (Wildman–Crippen MR) is 68.4 cm³/mol. The third-order valence-electron chi connectivity index (χ3n) is 3.18. The van der Waals surface area contributed by atoms with E-state index in [1.807, 2.05) is 6.07 Å². The Labute approximate surface area is 106 Å². The van der Waals surface area contributed by atoms with E-state index >= 15 is 0 Å². The number of imidazole rings is 1. The Kier molecular flexibility index (Phi) is 2.41. The molecular formula is C12H13N3O2S. The van der Waals surface area contributed by atoms with Gasteiger partial charge in [-0.2, -0.15) is 0 Å². The lowest BCUT2D eigenvalue weighted by Gasteiger charge is -2.18. The number of sulfonamides is 1. The number of para-hydroxylation sites is 1. The van der Waals surface area contributed by atoms with Gasteiger partial charge in [0.15, 0.2) is 4.87 Å². The van der Waals surface area contributed by atoms with E-state index in [1.165, 1.54) is 0 Å². The van der Waals surface area contributed by atoms with E-state index in [1.54, 1.807) is 47.6 Å². The molecule has 2 aromatic rings. The van der Waals surface area contributed by atoms with Crippen LogP contribution < -0.4 is 4.72 Å². The largest absolute Gasteiger partial charge is 0.316 e. The van der Waals surface area contributed by atoms with Gasteiger partial charge in [-0.1, -0.05) is 18.2 Å². The second-order valence-corrected chi connectivity index (χ2v) is 6.36. The maximum absolute atomic E-state index is 12.4. The number of hydrogen-bond acceptors (Lipinski definition) is 3. The van der Waals surface area contributed by atoms with Crippen LogP contribution in [-0.4, -0.2) is 18.0 Å². The molecule has 0 atom stereocenters. The summed E-state index contributed by atoms with van der Waals surface area (Å²) >= 11 is 0. The minimum absolute atomic E-state index is 0.587. The normalized spacial score (nSPS) is 17.3. The Balaban J connectivity index is 1.92. The third kappa shape index (κ3) is 1.69. The zero-order valence-corrected chi connectivity index (χ0v) is 10.5. The van der Waals surface area contributed by atoms with Crippen LogP contribution in [0.25, 0.3) is 0 Å². The second-order valence-electron chi connectivity index (χ2n) is 4.39. The fourth-order valence-corrected chi connectivity index (χ4v) is 3.69. The smallest absolute Gasteiger partial charge is 0.257 e. The average molecular weight is 263 g/mol. The molecule has 5 nitrogen and oxygen atoms in total. The molecule has 0 bridgehead atoms. The topological polar surface area (TPSA) is 64.0 Å². The molecule has 0 spiro atoms. The molecule has 0 amide bonds.